The molecule has 0 radical (unpaired) electrons. The number of hydrogen-bond acceptors (Lipinski definition) is 5. The number of amides is 2. The van der Waals surface area contributed by atoms with Crippen molar-refractivity contribution >= 4 is 17.9 Å². The second-order valence-corrected chi connectivity index (χ2v) is 5.90. The molecule has 1 heterocycles. The number of hydrazone groups is 1. The van der Waals surface area contributed by atoms with Gasteiger partial charge in [-0.2, -0.15) is 5.10 Å². The summed E-state index contributed by atoms with van der Waals surface area (Å²) in [6, 6.07) is 13.2. The minimum atomic E-state index is -0.878. The van der Waals surface area contributed by atoms with E-state index in [1.54, 1.807) is 30.3 Å². The Morgan fingerprint density at radius 3 is 2.52 bits per heavy atom. The van der Waals surface area contributed by atoms with Crippen molar-refractivity contribution in [1.29, 1.82) is 0 Å². The SMILES string of the molecule is O=C(NN=Cc1c(O)n(Cc2ccc(F)cc2)c(=O)[nH]c1=O)Nc1ccccc1. The van der Waals surface area contributed by atoms with E-state index in [1.165, 1.54) is 24.3 Å². The van der Waals surface area contributed by atoms with E-state index in [1.807, 2.05) is 0 Å². The first-order valence-electron chi connectivity index (χ1n) is 8.39. The third-order valence-electron chi connectivity index (χ3n) is 3.85. The normalized spacial score (nSPS) is 10.8. The number of nitrogens with zero attached hydrogens (tertiary/aromatic N) is 2. The lowest BCUT2D eigenvalue weighted by Crippen LogP contribution is -2.33. The topological polar surface area (TPSA) is 129 Å². The average molecular weight is 397 g/mol. The highest BCUT2D eigenvalue weighted by Gasteiger charge is 2.13. The standard InChI is InChI=1S/C19H16FN5O4/c20-13-8-6-12(7-9-13)11-25-17(27)15(16(26)23-19(25)29)10-21-24-18(28)22-14-4-2-1-3-5-14/h1-10,27H,11H2,(H2,22,24,28)(H,23,26,29). The third-order valence-corrected chi connectivity index (χ3v) is 3.85. The van der Waals surface area contributed by atoms with E-state index >= 15 is 0 Å². The maximum absolute atomic E-state index is 13.0. The van der Waals surface area contributed by atoms with Crippen LogP contribution in [0, 0.1) is 5.82 Å². The smallest absolute Gasteiger partial charge is 0.339 e. The summed E-state index contributed by atoms with van der Waals surface area (Å²) < 4.78 is 13.9. The van der Waals surface area contributed by atoms with Crippen LogP contribution < -0.4 is 22.0 Å². The van der Waals surface area contributed by atoms with Crippen LogP contribution in [0.2, 0.25) is 0 Å². The maximum Gasteiger partial charge on any atom is 0.339 e. The van der Waals surface area contributed by atoms with Crippen LogP contribution in [0.4, 0.5) is 14.9 Å². The van der Waals surface area contributed by atoms with Crippen LogP contribution in [0.3, 0.4) is 0 Å². The van der Waals surface area contributed by atoms with E-state index in [2.05, 4.69) is 20.8 Å². The predicted octanol–water partition coefficient (Wildman–Crippen LogP) is 1.59. The van der Waals surface area contributed by atoms with Gasteiger partial charge in [-0.25, -0.2) is 19.4 Å². The van der Waals surface area contributed by atoms with E-state index in [0.717, 1.165) is 10.8 Å². The molecule has 10 heteroatoms. The second-order valence-electron chi connectivity index (χ2n) is 5.90. The number of H-pyrrole nitrogens is 1. The Labute approximate surface area is 163 Å². The first-order chi connectivity index (χ1) is 13.9. The molecule has 0 bridgehead atoms. The lowest BCUT2D eigenvalue weighted by atomic mass is 10.2. The van der Waals surface area contributed by atoms with Gasteiger partial charge in [-0.15, -0.1) is 0 Å². The Morgan fingerprint density at radius 1 is 1.14 bits per heavy atom. The molecule has 3 aromatic rings. The van der Waals surface area contributed by atoms with Crippen LogP contribution in [0.5, 0.6) is 5.88 Å². The molecular weight excluding hydrogens is 381 g/mol. The summed E-state index contributed by atoms with van der Waals surface area (Å²) >= 11 is 0. The largest absolute Gasteiger partial charge is 0.494 e. The number of aromatic nitrogens is 2. The zero-order valence-electron chi connectivity index (χ0n) is 14.9. The monoisotopic (exact) mass is 397 g/mol. The summed E-state index contributed by atoms with van der Waals surface area (Å²) in [5, 5.41) is 16.4. The van der Waals surface area contributed by atoms with Crippen molar-refractivity contribution in [3.8, 4) is 5.88 Å². The molecule has 2 amide bonds. The number of aromatic hydroxyl groups is 1. The first kappa shape index (κ1) is 19.5. The van der Waals surface area contributed by atoms with E-state index in [4.69, 9.17) is 0 Å². The third kappa shape index (κ3) is 4.95. The molecule has 0 fully saturated rings. The van der Waals surface area contributed by atoms with Crippen LogP contribution in [-0.2, 0) is 6.54 Å². The number of anilines is 1. The number of hydrogen-bond donors (Lipinski definition) is 4. The van der Waals surface area contributed by atoms with Crippen LogP contribution >= 0.6 is 0 Å². The van der Waals surface area contributed by atoms with E-state index in [-0.39, 0.29) is 12.1 Å². The number of para-hydroxylation sites is 1. The van der Waals surface area contributed by atoms with Crippen LogP contribution in [-0.4, -0.2) is 26.9 Å². The minimum absolute atomic E-state index is 0.107. The molecule has 9 nitrogen and oxygen atoms in total. The Balaban J connectivity index is 1.77. The first-order valence-corrected chi connectivity index (χ1v) is 8.39. The van der Waals surface area contributed by atoms with Gasteiger partial charge in [0.2, 0.25) is 5.88 Å². The number of rotatable bonds is 5. The fourth-order valence-corrected chi connectivity index (χ4v) is 2.45. The van der Waals surface area contributed by atoms with Crippen molar-refractivity contribution in [2.75, 3.05) is 5.32 Å². The van der Waals surface area contributed by atoms with Crippen molar-refractivity contribution in [3.63, 3.8) is 0 Å². The number of nitrogens with one attached hydrogen (secondary N) is 3. The van der Waals surface area contributed by atoms with Gasteiger partial charge in [0.1, 0.15) is 11.4 Å². The van der Waals surface area contributed by atoms with Gasteiger partial charge in [0.15, 0.2) is 0 Å². The molecule has 4 N–H and O–H groups in total. The summed E-state index contributed by atoms with van der Waals surface area (Å²) in [7, 11) is 0. The van der Waals surface area contributed by atoms with Gasteiger partial charge in [0.25, 0.3) is 5.56 Å². The average Bonchev–Trinajstić information content (AvgIpc) is 2.70. The molecule has 0 aliphatic heterocycles. The maximum atomic E-state index is 13.0. The number of halogens is 1. The molecular formula is C19H16FN5O4. The van der Waals surface area contributed by atoms with Gasteiger partial charge < -0.3 is 10.4 Å². The summed E-state index contributed by atoms with van der Waals surface area (Å²) in [5.41, 5.74) is 1.16. The molecule has 29 heavy (non-hydrogen) atoms. The van der Waals surface area contributed by atoms with Crippen LogP contribution in [0.1, 0.15) is 11.1 Å². The zero-order valence-corrected chi connectivity index (χ0v) is 14.9. The lowest BCUT2D eigenvalue weighted by Gasteiger charge is -2.09. The van der Waals surface area contributed by atoms with Gasteiger partial charge in [-0.05, 0) is 29.8 Å². The number of urea groups is 1. The van der Waals surface area contributed by atoms with E-state index < -0.39 is 29.0 Å². The minimum Gasteiger partial charge on any atom is -0.494 e. The molecule has 2 aromatic carbocycles. The molecule has 0 saturated heterocycles. The fraction of sp³-hybridized carbons (Fsp3) is 0.0526. The van der Waals surface area contributed by atoms with Gasteiger partial charge in [-0.3, -0.25) is 14.3 Å². The number of aromatic amines is 1. The summed E-state index contributed by atoms with van der Waals surface area (Å²) in [4.78, 5) is 37.8. The van der Waals surface area contributed by atoms with Crippen molar-refractivity contribution in [2.45, 2.75) is 6.54 Å². The molecule has 1 aromatic heterocycles. The Bertz CT molecular complexity index is 1150. The van der Waals surface area contributed by atoms with Gasteiger partial charge >= 0.3 is 11.7 Å². The highest BCUT2D eigenvalue weighted by molar-refractivity contribution is 5.90. The van der Waals surface area contributed by atoms with Crippen molar-refractivity contribution in [1.82, 2.24) is 15.0 Å². The summed E-state index contributed by atoms with van der Waals surface area (Å²) in [6.07, 6.45) is 0.916. The molecule has 3 rings (SSSR count). The zero-order chi connectivity index (χ0) is 20.8. The number of carbonyl (C=O) groups is 1. The quantitative estimate of drug-likeness (QED) is 0.385. The van der Waals surface area contributed by atoms with Crippen molar-refractivity contribution < 1.29 is 14.3 Å². The van der Waals surface area contributed by atoms with Crippen LogP contribution in [0.15, 0.2) is 69.3 Å². The van der Waals surface area contributed by atoms with Gasteiger partial charge in [0.05, 0.1) is 12.8 Å². The molecule has 0 spiro atoms. The molecule has 0 aliphatic rings. The Morgan fingerprint density at radius 2 is 1.83 bits per heavy atom. The Hall–Kier alpha value is -4.21. The fourth-order valence-electron chi connectivity index (χ4n) is 2.45. The molecule has 0 atom stereocenters. The molecule has 148 valence electrons. The Kier molecular flexibility index (Phi) is 5.83. The van der Waals surface area contributed by atoms with Crippen molar-refractivity contribution in [3.05, 3.63) is 92.4 Å². The molecule has 0 unspecified atom stereocenters. The van der Waals surface area contributed by atoms with E-state index in [9.17, 15) is 23.9 Å². The highest BCUT2D eigenvalue weighted by atomic mass is 19.1. The van der Waals surface area contributed by atoms with Gasteiger partial charge in [-0.1, -0.05) is 30.3 Å². The lowest BCUT2D eigenvalue weighted by molar-refractivity contribution is 0.252. The predicted molar refractivity (Wildman–Crippen MR) is 105 cm³/mol. The number of benzene rings is 2. The second kappa shape index (κ2) is 8.65. The van der Waals surface area contributed by atoms with E-state index in [0.29, 0.717) is 11.3 Å². The van der Waals surface area contributed by atoms with Crippen molar-refractivity contribution in [2.24, 2.45) is 5.10 Å². The molecule has 0 saturated carbocycles. The molecule has 0 aliphatic carbocycles. The summed E-state index contributed by atoms with van der Waals surface area (Å²) in [5.74, 6) is -1.09. The highest BCUT2D eigenvalue weighted by Crippen LogP contribution is 2.11. The summed E-state index contributed by atoms with van der Waals surface area (Å²) in [6.45, 7) is -0.107. The van der Waals surface area contributed by atoms with Gasteiger partial charge in [0, 0.05) is 5.69 Å². The number of carbonyl (C=O) groups excluding carboxylic acids is 1. The van der Waals surface area contributed by atoms with Crippen LogP contribution in [0.25, 0.3) is 0 Å².